The molecule has 0 aromatic heterocycles. The number of rotatable bonds is 0. The normalized spacial score (nSPS) is 29.2. The molecule has 1 saturated heterocycles. The third-order valence-corrected chi connectivity index (χ3v) is 4.50. The average Bonchev–Trinajstić information content (AvgIpc) is 2.70. The first kappa shape index (κ1) is 7.56. The molecule has 0 amide bonds. The summed E-state index contributed by atoms with van der Waals surface area (Å²) in [6.45, 7) is 0. The molecular weight excluding hydrogens is 184 g/mol. The molecule has 3 heteroatoms. The van der Waals surface area contributed by atoms with E-state index in [1.54, 1.807) is 12.1 Å². The molecule has 1 fully saturated rings. The zero-order chi connectivity index (χ0) is 9.00. The molecule has 2 aliphatic heterocycles. The van der Waals surface area contributed by atoms with E-state index in [9.17, 15) is 10.2 Å². The minimum Gasteiger partial charge on any atom is -0.508 e. The predicted octanol–water partition coefficient (Wildman–Crippen LogP) is 2.72. The van der Waals surface area contributed by atoms with Crippen LogP contribution < -0.4 is 0 Å². The summed E-state index contributed by atoms with van der Waals surface area (Å²) in [5.74, 6) is 0.708. The molecular formula is C10H10O2S. The summed E-state index contributed by atoms with van der Waals surface area (Å²) in [7, 11) is 0. The predicted molar refractivity (Wildman–Crippen MR) is 52.1 cm³/mol. The fourth-order valence-electron chi connectivity index (χ4n) is 2.35. The second-order valence-corrected chi connectivity index (χ2v) is 5.03. The van der Waals surface area contributed by atoms with E-state index in [0.717, 1.165) is 24.0 Å². The van der Waals surface area contributed by atoms with E-state index in [4.69, 9.17) is 0 Å². The maximum Gasteiger partial charge on any atom is 0.120 e. The van der Waals surface area contributed by atoms with Crippen LogP contribution in [-0.4, -0.2) is 10.2 Å². The van der Waals surface area contributed by atoms with E-state index >= 15 is 0 Å². The number of phenolic OH excluding ortho intramolecular Hbond substituents is 2. The number of aromatic hydroxyl groups is 2. The van der Waals surface area contributed by atoms with Crippen LogP contribution in [-0.2, 0) is 0 Å². The van der Waals surface area contributed by atoms with Gasteiger partial charge in [0.15, 0.2) is 0 Å². The number of fused-ring (bicyclic) bond motifs is 5. The van der Waals surface area contributed by atoms with Gasteiger partial charge in [-0.1, -0.05) is 0 Å². The van der Waals surface area contributed by atoms with Gasteiger partial charge in [0.2, 0.25) is 0 Å². The number of hydrogen-bond acceptors (Lipinski definition) is 3. The molecule has 2 nitrogen and oxygen atoms in total. The van der Waals surface area contributed by atoms with Crippen molar-refractivity contribution in [2.75, 3.05) is 0 Å². The molecule has 0 aliphatic carbocycles. The smallest absolute Gasteiger partial charge is 0.120 e. The van der Waals surface area contributed by atoms with Crippen LogP contribution in [0.3, 0.4) is 0 Å². The monoisotopic (exact) mass is 194 g/mol. The first-order chi connectivity index (χ1) is 6.27. The van der Waals surface area contributed by atoms with E-state index in [0.29, 0.717) is 22.0 Å². The van der Waals surface area contributed by atoms with Gasteiger partial charge in [-0.25, -0.2) is 0 Å². The third-order valence-electron chi connectivity index (χ3n) is 2.90. The summed E-state index contributed by atoms with van der Waals surface area (Å²) in [6, 6.07) is 3.19. The van der Waals surface area contributed by atoms with Gasteiger partial charge in [0, 0.05) is 21.6 Å². The van der Waals surface area contributed by atoms with Crippen LogP contribution in [0.25, 0.3) is 0 Å². The lowest BCUT2D eigenvalue weighted by atomic mass is 9.90. The molecule has 1 aromatic carbocycles. The zero-order valence-corrected chi connectivity index (χ0v) is 7.84. The maximum absolute atomic E-state index is 9.65. The van der Waals surface area contributed by atoms with Crippen molar-refractivity contribution in [3.63, 3.8) is 0 Å². The van der Waals surface area contributed by atoms with Crippen LogP contribution in [0.1, 0.15) is 34.5 Å². The van der Waals surface area contributed by atoms with Crippen molar-refractivity contribution in [3.8, 4) is 11.5 Å². The molecule has 68 valence electrons. The minimum atomic E-state index is 0.354. The molecule has 13 heavy (non-hydrogen) atoms. The van der Waals surface area contributed by atoms with Crippen molar-refractivity contribution in [3.05, 3.63) is 23.3 Å². The SMILES string of the molecule is Oc1ccc(O)c2c1C1CCC2S1. The number of phenols is 2. The van der Waals surface area contributed by atoms with Crippen LogP contribution in [0.4, 0.5) is 0 Å². The van der Waals surface area contributed by atoms with E-state index in [2.05, 4.69) is 0 Å². The number of hydrogen-bond donors (Lipinski definition) is 2. The van der Waals surface area contributed by atoms with E-state index < -0.39 is 0 Å². The fourth-order valence-corrected chi connectivity index (χ4v) is 4.06. The summed E-state index contributed by atoms with van der Waals surface area (Å²) < 4.78 is 0. The Bertz CT molecular complexity index is 340. The molecule has 2 unspecified atom stereocenters. The van der Waals surface area contributed by atoms with E-state index in [-0.39, 0.29) is 0 Å². The van der Waals surface area contributed by atoms with Gasteiger partial charge in [-0.15, -0.1) is 11.8 Å². The van der Waals surface area contributed by atoms with Crippen molar-refractivity contribution in [2.45, 2.75) is 23.3 Å². The molecule has 3 rings (SSSR count). The average molecular weight is 194 g/mol. The van der Waals surface area contributed by atoms with Gasteiger partial charge in [-0.3, -0.25) is 0 Å². The summed E-state index contributed by atoms with van der Waals surface area (Å²) >= 11 is 1.87. The van der Waals surface area contributed by atoms with Gasteiger partial charge in [0.25, 0.3) is 0 Å². The first-order valence-electron chi connectivity index (χ1n) is 4.47. The summed E-state index contributed by atoms with van der Waals surface area (Å²) in [5, 5.41) is 20.2. The lowest BCUT2D eigenvalue weighted by Crippen LogP contribution is -1.98. The number of benzene rings is 1. The minimum absolute atomic E-state index is 0.354. The summed E-state index contributed by atoms with van der Waals surface area (Å²) in [5.41, 5.74) is 1.97. The van der Waals surface area contributed by atoms with Crippen LogP contribution in [0.15, 0.2) is 12.1 Å². The van der Waals surface area contributed by atoms with Crippen LogP contribution in [0.2, 0.25) is 0 Å². The maximum atomic E-state index is 9.65. The van der Waals surface area contributed by atoms with Gasteiger partial charge in [0.05, 0.1) is 0 Å². The highest BCUT2D eigenvalue weighted by Gasteiger charge is 2.41. The van der Waals surface area contributed by atoms with Crippen molar-refractivity contribution in [1.29, 1.82) is 0 Å². The van der Waals surface area contributed by atoms with Crippen molar-refractivity contribution in [2.24, 2.45) is 0 Å². The lowest BCUT2D eigenvalue weighted by Gasteiger charge is -2.15. The lowest BCUT2D eigenvalue weighted by molar-refractivity contribution is 0.442. The first-order valence-corrected chi connectivity index (χ1v) is 5.42. The topological polar surface area (TPSA) is 40.5 Å². The molecule has 2 aliphatic rings. The number of thioether (sulfide) groups is 1. The fraction of sp³-hybridized carbons (Fsp3) is 0.400. The summed E-state index contributed by atoms with van der Waals surface area (Å²) in [4.78, 5) is 0. The summed E-state index contributed by atoms with van der Waals surface area (Å²) in [6.07, 6.45) is 2.28. The van der Waals surface area contributed by atoms with Crippen molar-refractivity contribution in [1.82, 2.24) is 0 Å². The second-order valence-electron chi connectivity index (χ2n) is 3.62. The Hall–Kier alpha value is -0.830. The van der Waals surface area contributed by atoms with Crippen molar-refractivity contribution < 1.29 is 10.2 Å². The van der Waals surface area contributed by atoms with Crippen LogP contribution in [0, 0.1) is 0 Å². The second kappa shape index (κ2) is 2.35. The van der Waals surface area contributed by atoms with Gasteiger partial charge in [0.1, 0.15) is 11.5 Å². The molecule has 0 saturated carbocycles. The molecule has 2 bridgehead atoms. The highest BCUT2D eigenvalue weighted by Crippen LogP contribution is 2.64. The standard InChI is InChI=1S/C10H10O2S/c11-5-1-2-6(12)10-8-4-3-7(13-8)9(5)10/h1-2,7-8,11-12H,3-4H2. The largest absolute Gasteiger partial charge is 0.508 e. The Kier molecular flexibility index (Phi) is 1.37. The molecule has 1 aromatic rings. The molecule has 0 radical (unpaired) electrons. The molecule has 2 heterocycles. The van der Waals surface area contributed by atoms with Gasteiger partial charge in [-0.05, 0) is 25.0 Å². The van der Waals surface area contributed by atoms with Crippen molar-refractivity contribution >= 4 is 11.8 Å². The van der Waals surface area contributed by atoms with Gasteiger partial charge < -0.3 is 10.2 Å². The van der Waals surface area contributed by atoms with Crippen LogP contribution >= 0.6 is 11.8 Å². The van der Waals surface area contributed by atoms with E-state index in [1.165, 1.54) is 0 Å². The van der Waals surface area contributed by atoms with Crippen LogP contribution in [0.5, 0.6) is 11.5 Å². The highest BCUT2D eigenvalue weighted by atomic mass is 32.2. The van der Waals surface area contributed by atoms with Gasteiger partial charge in [-0.2, -0.15) is 0 Å². The van der Waals surface area contributed by atoms with E-state index in [1.807, 2.05) is 11.8 Å². The third kappa shape index (κ3) is 0.854. The highest BCUT2D eigenvalue weighted by molar-refractivity contribution is 8.00. The zero-order valence-electron chi connectivity index (χ0n) is 7.03. The Balaban J connectivity index is 2.30. The van der Waals surface area contributed by atoms with Gasteiger partial charge >= 0.3 is 0 Å². The Morgan fingerprint density at radius 2 is 1.46 bits per heavy atom. The Labute approximate surface area is 80.6 Å². The molecule has 2 atom stereocenters. The Morgan fingerprint density at radius 3 is 1.92 bits per heavy atom. The quantitative estimate of drug-likeness (QED) is 0.624. The molecule has 2 N–H and O–H groups in total. The molecule has 0 spiro atoms. The Morgan fingerprint density at radius 1 is 1.00 bits per heavy atom.